The molecule has 18 rings (SSSR count). The van der Waals surface area contributed by atoms with E-state index in [0.29, 0.717) is 23.3 Å². The Kier molecular flexibility index (Phi) is 9.98. The number of rotatable bonds is 7. The molecule has 5 nitrogen and oxygen atoms in total. The third-order valence-corrected chi connectivity index (χ3v) is 17.6. The number of aromatic nitrogens is 5. The van der Waals surface area contributed by atoms with Gasteiger partial charge in [-0.1, -0.05) is 255 Å². The van der Waals surface area contributed by atoms with Gasteiger partial charge in [0.15, 0.2) is 23.3 Å². The summed E-state index contributed by atoms with van der Waals surface area (Å²) in [5.41, 5.74) is 28.2. The van der Waals surface area contributed by atoms with Gasteiger partial charge in [-0.3, -0.25) is 0 Å². The molecule has 2 bridgehead atoms. The van der Waals surface area contributed by atoms with Crippen LogP contribution in [0.25, 0.3) is 101 Å². The summed E-state index contributed by atoms with van der Waals surface area (Å²) in [6.45, 7) is 0. The molecule has 5 heteroatoms. The van der Waals surface area contributed by atoms with E-state index in [0.717, 1.165) is 44.8 Å². The Hall–Kier alpha value is -10.5. The standard InChI is InChI=1S/C76H47N5/c1-4-19-48(20-5-1)72-77-67(47-37-35-46(36-38-47)53-30-18-34-66-71(53)60-29-14-17-33-65(60)76(66)63-31-15-12-25-54(63)55-26-13-16-32-64(55)76)45-68(78-72)51-39-41-58-61(43-51)69-56-27-10-11-28-57(56)70(58)62-44-52(40-42-59(62)69)75-80-73(49-21-6-2-7-22-49)79-74(81-75)50-23-8-3-9-24-50/h1-45,69-70H. The van der Waals surface area contributed by atoms with Crippen molar-refractivity contribution in [1.82, 2.24) is 24.9 Å². The minimum Gasteiger partial charge on any atom is -0.228 e. The molecule has 0 saturated heterocycles. The highest BCUT2D eigenvalue weighted by Crippen LogP contribution is 2.64. The van der Waals surface area contributed by atoms with Gasteiger partial charge in [-0.05, 0) is 107 Å². The fourth-order valence-electron chi connectivity index (χ4n) is 14.1. The molecule has 0 aliphatic heterocycles. The lowest BCUT2D eigenvalue weighted by atomic mass is 9.60. The summed E-state index contributed by atoms with van der Waals surface area (Å²) in [5.74, 6) is 2.72. The first kappa shape index (κ1) is 45.5. The Balaban J connectivity index is 0.759. The molecule has 2 atom stereocenters. The van der Waals surface area contributed by atoms with Gasteiger partial charge in [-0.15, -0.1) is 0 Å². The van der Waals surface area contributed by atoms with Crippen LogP contribution in [0.2, 0.25) is 0 Å². The second-order valence-electron chi connectivity index (χ2n) is 21.7. The molecule has 0 fully saturated rings. The monoisotopic (exact) mass is 1030 g/mol. The van der Waals surface area contributed by atoms with E-state index in [2.05, 4.69) is 231 Å². The number of hydrogen-bond donors (Lipinski definition) is 0. The average molecular weight is 1030 g/mol. The highest BCUT2D eigenvalue weighted by Gasteiger charge is 2.52. The minimum absolute atomic E-state index is 0.0308. The maximum Gasteiger partial charge on any atom is 0.164 e. The smallest absolute Gasteiger partial charge is 0.164 e. The molecule has 2 unspecified atom stereocenters. The molecule has 5 aliphatic rings. The summed E-state index contributed by atoms with van der Waals surface area (Å²) in [6, 6.07) is 98.8. The predicted octanol–water partition coefficient (Wildman–Crippen LogP) is 17.7. The summed E-state index contributed by atoms with van der Waals surface area (Å²) >= 11 is 0. The quantitative estimate of drug-likeness (QED) is 0.159. The van der Waals surface area contributed by atoms with Crippen molar-refractivity contribution in [2.75, 3.05) is 0 Å². The SMILES string of the molecule is c1ccc(-c2nc(-c3ccc(-c4cccc5c4-c4ccccc4C54c5ccccc5-c5ccccc54)cc3)cc(-c3ccc4c(c3)C3c5ccccc5C4c4cc(-c5nc(-c6ccccc6)nc(-c6ccccc6)n5)ccc43)n2)cc1. The summed E-state index contributed by atoms with van der Waals surface area (Å²) in [5, 5.41) is 0. The highest BCUT2D eigenvalue weighted by molar-refractivity contribution is 6.00. The van der Waals surface area contributed by atoms with E-state index in [1.165, 1.54) is 89.0 Å². The van der Waals surface area contributed by atoms with Crippen LogP contribution < -0.4 is 0 Å². The second kappa shape index (κ2) is 17.8. The van der Waals surface area contributed by atoms with Crippen LogP contribution in [-0.4, -0.2) is 24.9 Å². The van der Waals surface area contributed by atoms with E-state index < -0.39 is 5.41 Å². The van der Waals surface area contributed by atoms with Gasteiger partial charge in [0, 0.05) is 45.2 Å². The normalized spacial score (nSPS) is 15.0. The van der Waals surface area contributed by atoms with Crippen molar-refractivity contribution in [2.45, 2.75) is 17.3 Å². The van der Waals surface area contributed by atoms with Crippen LogP contribution in [-0.2, 0) is 5.41 Å². The van der Waals surface area contributed by atoms with Crippen molar-refractivity contribution < 1.29 is 0 Å². The Morgan fingerprint density at radius 3 is 1.15 bits per heavy atom. The summed E-state index contributed by atoms with van der Waals surface area (Å²) < 4.78 is 0. The Bertz CT molecular complexity index is 4600. The van der Waals surface area contributed by atoms with Gasteiger partial charge in [0.25, 0.3) is 0 Å². The lowest BCUT2D eigenvalue weighted by Gasteiger charge is -2.42. The summed E-state index contributed by atoms with van der Waals surface area (Å²) in [7, 11) is 0. The van der Waals surface area contributed by atoms with Gasteiger partial charge >= 0.3 is 0 Å². The minimum atomic E-state index is -0.399. The van der Waals surface area contributed by atoms with E-state index in [9.17, 15) is 0 Å². The first-order valence-corrected chi connectivity index (χ1v) is 27.9. The van der Waals surface area contributed by atoms with Gasteiger partial charge in [0.05, 0.1) is 16.8 Å². The molecule has 81 heavy (non-hydrogen) atoms. The van der Waals surface area contributed by atoms with Gasteiger partial charge in [0.2, 0.25) is 0 Å². The van der Waals surface area contributed by atoms with Crippen LogP contribution in [0.4, 0.5) is 0 Å². The van der Waals surface area contributed by atoms with Crippen LogP contribution in [0, 0.1) is 0 Å². The Morgan fingerprint density at radius 1 is 0.222 bits per heavy atom. The molecule has 376 valence electrons. The maximum atomic E-state index is 5.36. The van der Waals surface area contributed by atoms with Crippen molar-refractivity contribution in [3.8, 4) is 101 Å². The summed E-state index contributed by atoms with van der Waals surface area (Å²) in [4.78, 5) is 25.9. The zero-order valence-corrected chi connectivity index (χ0v) is 43.9. The van der Waals surface area contributed by atoms with Crippen LogP contribution in [0.15, 0.2) is 273 Å². The number of hydrogen-bond acceptors (Lipinski definition) is 5. The van der Waals surface area contributed by atoms with E-state index in [4.69, 9.17) is 24.9 Å². The molecule has 11 aromatic carbocycles. The van der Waals surface area contributed by atoms with Gasteiger partial charge in [-0.25, -0.2) is 24.9 Å². The van der Waals surface area contributed by atoms with Crippen molar-refractivity contribution >= 4 is 0 Å². The molecule has 2 aromatic heterocycles. The molecule has 13 aromatic rings. The highest BCUT2D eigenvalue weighted by atomic mass is 15.0. The fourth-order valence-corrected chi connectivity index (χ4v) is 14.1. The van der Waals surface area contributed by atoms with Crippen molar-refractivity contribution in [2.24, 2.45) is 0 Å². The Labute approximate surface area is 469 Å². The largest absolute Gasteiger partial charge is 0.228 e. The zero-order valence-electron chi connectivity index (χ0n) is 43.9. The molecule has 0 N–H and O–H groups in total. The molecular weight excluding hydrogens is 983 g/mol. The van der Waals surface area contributed by atoms with Crippen molar-refractivity contribution in [1.29, 1.82) is 0 Å². The molecule has 5 aliphatic carbocycles. The van der Waals surface area contributed by atoms with Crippen molar-refractivity contribution in [3.05, 3.63) is 329 Å². The molecule has 0 radical (unpaired) electrons. The zero-order chi connectivity index (χ0) is 53.2. The van der Waals surface area contributed by atoms with Crippen LogP contribution in [0.1, 0.15) is 67.5 Å². The third-order valence-electron chi connectivity index (χ3n) is 17.6. The first-order chi connectivity index (χ1) is 40.2. The lowest BCUT2D eigenvalue weighted by molar-refractivity contribution is 0.754. The second-order valence-corrected chi connectivity index (χ2v) is 21.7. The van der Waals surface area contributed by atoms with Crippen LogP contribution >= 0.6 is 0 Å². The van der Waals surface area contributed by atoms with E-state index in [1.54, 1.807) is 0 Å². The number of fused-ring (bicyclic) bond motifs is 10. The molecular formula is C76H47N5. The topological polar surface area (TPSA) is 64.5 Å². The van der Waals surface area contributed by atoms with Crippen LogP contribution in [0.3, 0.4) is 0 Å². The molecule has 2 heterocycles. The lowest BCUT2D eigenvalue weighted by Crippen LogP contribution is -2.27. The average Bonchev–Trinajstić information content (AvgIpc) is 4.23. The van der Waals surface area contributed by atoms with Crippen molar-refractivity contribution in [3.63, 3.8) is 0 Å². The predicted molar refractivity (Wildman–Crippen MR) is 325 cm³/mol. The summed E-state index contributed by atoms with van der Waals surface area (Å²) in [6.07, 6.45) is 0. The van der Waals surface area contributed by atoms with E-state index in [1.807, 2.05) is 42.5 Å². The van der Waals surface area contributed by atoms with Gasteiger partial charge in [0.1, 0.15) is 0 Å². The first-order valence-electron chi connectivity index (χ1n) is 27.9. The Morgan fingerprint density at radius 2 is 0.593 bits per heavy atom. The van der Waals surface area contributed by atoms with E-state index >= 15 is 0 Å². The van der Waals surface area contributed by atoms with Crippen LogP contribution in [0.5, 0.6) is 0 Å². The molecule has 0 amide bonds. The van der Waals surface area contributed by atoms with Gasteiger partial charge < -0.3 is 0 Å². The van der Waals surface area contributed by atoms with E-state index in [-0.39, 0.29) is 11.8 Å². The maximum absolute atomic E-state index is 5.36. The number of nitrogens with zero attached hydrogens (tertiary/aromatic N) is 5. The number of benzene rings is 11. The molecule has 0 saturated carbocycles. The third kappa shape index (κ3) is 6.82. The fraction of sp³-hybridized carbons (Fsp3) is 0.0395. The van der Waals surface area contributed by atoms with Gasteiger partial charge in [-0.2, -0.15) is 0 Å². The molecule has 1 spiro atoms.